The van der Waals surface area contributed by atoms with Crippen LogP contribution in [0.15, 0.2) is 41.5 Å². The molecule has 140 valence electrons. The number of aromatic nitrogens is 1. The van der Waals surface area contributed by atoms with Crippen LogP contribution in [0.5, 0.6) is 11.5 Å². The van der Waals surface area contributed by atoms with Crippen LogP contribution in [0.2, 0.25) is 0 Å². The van der Waals surface area contributed by atoms with Crippen LogP contribution in [-0.2, 0) is 13.0 Å². The van der Waals surface area contributed by atoms with E-state index in [1.54, 1.807) is 21.3 Å². The highest BCUT2D eigenvalue weighted by Gasteiger charge is 2.09. The molecule has 0 amide bonds. The monoisotopic (exact) mass is 356 g/mol. The van der Waals surface area contributed by atoms with E-state index in [1.807, 2.05) is 31.4 Å². The molecule has 26 heavy (non-hydrogen) atoms. The highest BCUT2D eigenvalue weighted by atomic mass is 16.5. The lowest BCUT2D eigenvalue weighted by atomic mass is 10.1. The lowest BCUT2D eigenvalue weighted by Gasteiger charge is -2.22. The van der Waals surface area contributed by atoms with Gasteiger partial charge < -0.3 is 19.7 Å². The predicted octanol–water partition coefficient (Wildman–Crippen LogP) is 2.66. The maximum absolute atomic E-state index is 5.37. The standard InChI is InChI=1S/C20H28N4O2/c1-15-7-6-11-22-17(15)14-23-20(21-2)24(3)12-10-16-8-9-18(25-4)19(13-16)26-5/h6-9,11,13H,10,12,14H2,1-5H3,(H,21,23). The number of methoxy groups -OCH3 is 2. The molecule has 0 saturated heterocycles. The third-order valence-electron chi connectivity index (χ3n) is 4.29. The Morgan fingerprint density at radius 3 is 2.62 bits per heavy atom. The Hall–Kier alpha value is -2.76. The molecule has 0 aliphatic heterocycles. The zero-order valence-corrected chi connectivity index (χ0v) is 16.2. The molecular weight excluding hydrogens is 328 g/mol. The van der Waals surface area contributed by atoms with Gasteiger partial charge in [-0.3, -0.25) is 9.98 Å². The zero-order valence-electron chi connectivity index (χ0n) is 16.2. The van der Waals surface area contributed by atoms with E-state index in [0.717, 1.165) is 36.1 Å². The van der Waals surface area contributed by atoms with Gasteiger partial charge in [0, 0.05) is 26.8 Å². The molecule has 6 nitrogen and oxygen atoms in total. The summed E-state index contributed by atoms with van der Waals surface area (Å²) in [4.78, 5) is 10.9. The highest BCUT2D eigenvalue weighted by molar-refractivity contribution is 5.79. The second-order valence-corrected chi connectivity index (χ2v) is 6.03. The molecule has 0 atom stereocenters. The van der Waals surface area contributed by atoms with Gasteiger partial charge in [0.2, 0.25) is 0 Å². The van der Waals surface area contributed by atoms with Gasteiger partial charge in [-0.1, -0.05) is 12.1 Å². The van der Waals surface area contributed by atoms with Crippen molar-refractivity contribution in [2.45, 2.75) is 19.9 Å². The number of aryl methyl sites for hydroxylation is 1. The summed E-state index contributed by atoms with van der Waals surface area (Å²) in [6.07, 6.45) is 2.69. The van der Waals surface area contributed by atoms with E-state index >= 15 is 0 Å². The maximum atomic E-state index is 5.37. The van der Waals surface area contributed by atoms with Gasteiger partial charge in [0.1, 0.15) is 0 Å². The topological polar surface area (TPSA) is 59.0 Å². The highest BCUT2D eigenvalue weighted by Crippen LogP contribution is 2.27. The summed E-state index contributed by atoms with van der Waals surface area (Å²) in [5.74, 6) is 2.34. The van der Waals surface area contributed by atoms with Gasteiger partial charge in [0.05, 0.1) is 26.5 Å². The van der Waals surface area contributed by atoms with Gasteiger partial charge in [-0.15, -0.1) is 0 Å². The van der Waals surface area contributed by atoms with E-state index in [2.05, 4.69) is 39.2 Å². The molecule has 0 aliphatic rings. The molecule has 1 aromatic heterocycles. The van der Waals surface area contributed by atoms with E-state index in [1.165, 1.54) is 11.1 Å². The molecule has 0 unspecified atom stereocenters. The maximum Gasteiger partial charge on any atom is 0.193 e. The fourth-order valence-corrected chi connectivity index (χ4v) is 2.69. The van der Waals surface area contributed by atoms with Crippen LogP contribution in [0.4, 0.5) is 0 Å². The zero-order chi connectivity index (χ0) is 18.9. The summed E-state index contributed by atoms with van der Waals surface area (Å²) < 4.78 is 10.7. The van der Waals surface area contributed by atoms with Crippen LogP contribution in [0, 0.1) is 6.92 Å². The van der Waals surface area contributed by atoms with Crippen LogP contribution in [-0.4, -0.2) is 50.7 Å². The normalized spacial score (nSPS) is 11.2. The average Bonchev–Trinajstić information content (AvgIpc) is 2.67. The number of benzene rings is 1. The molecule has 1 aromatic carbocycles. The molecule has 0 saturated carbocycles. The first-order valence-electron chi connectivity index (χ1n) is 8.62. The minimum atomic E-state index is 0.653. The Bertz CT molecular complexity index is 746. The van der Waals surface area contributed by atoms with Crippen LogP contribution >= 0.6 is 0 Å². The van der Waals surface area contributed by atoms with Gasteiger partial charge in [-0.05, 0) is 42.7 Å². The van der Waals surface area contributed by atoms with Crippen molar-refractivity contribution in [1.82, 2.24) is 15.2 Å². The van der Waals surface area contributed by atoms with E-state index in [-0.39, 0.29) is 0 Å². The van der Waals surface area contributed by atoms with Crippen molar-refractivity contribution in [1.29, 1.82) is 0 Å². The van der Waals surface area contributed by atoms with Crippen molar-refractivity contribution in [2.24, 2.45) is 4.99 Å². The summed E-state index contributed by atoms with van der Waals surface area (Å²) in [5.41, 5.74) is 3.39. The Labute approximate surface area is 155 Å². The summed E-state index contributed by atoms with van der Waals surface area (Å²) in [5, 5.41) is 3.37. The average molecular weight is 356 g/mol. The van der Waals surface area contributed by atoms with E-state index in [9.17, 15) is 0 Å². The Kier molecular flexibility index (Phi) is 7.26. The van der Waals surface area contributed by atoms with Crippen molar-refractivity contribution in [2.75, 3.05) is 34.9 Å². The minimum Gasteiger partial charge on any atom is -0.493 e. The molecule has 0 fully saturated rings. The van der Waals surface area contributed by atoms with Crippen molar-refractivity contribution in [3.8, 4) is 11.5 Å². The van der Waals surface area contributed by atoms with E-state index < -0.39 is 0 Å². The van der Waals surface area contributed by atoms with Crippen LogP contribution in [0.25, 0.3) is 0 Å². The molecule has 2 rings (SSSR count). The number of aliphatic imine (C=N–C) groups is 1. The number of nitrogens with zero attached hydrogens (tertiary/aromatic N) is 3. The summed E-state index contributed by atoms with van der Waals surface area (Å²) >= 11 is 0. The molecular formula is C20H28N4O2. The molecule has 2 aromatic rings. The first kappa shape index (κ1) is 19.6. The van der Waals surface area contributed by atoms with Crippen molar-refractivity contribution in [3.05, 3.63) is 53.3 Å². The number of hydrogen-bond acceptors (Lipinski definition) is 4. The number of pyridine rings is 1. The Morgan fingerprint density at radius 1 is 1.19 bits per heavy atom. The molecule has 6 heteroatoms. The number of likely N-dealkylation sites (N-methyl/N-ethyl adjacent to an activating group) is 1. The quantitative estimate of drug-likeness (QED) is 0.610. The van der Waals surface area contributed by atoms with Crippen LogP contribution < -0.4 is 14.8 Å². The third-order valence-corrected chi connectivity index (χ3v) is 4.29. The molecule has 1 heterocycles. The second-order valence-electron chi connectivity index (χ2n) is 6.03. The smallest absolute Gasteiger partial charge is 0.193 e. The number of hydrogen-bond donors (Lipinski definition) is 1. The molecule has 0 bridgehead atoms. The summed E-state index contributed by atoms with van der Waals surface area (Å²) in [7, 11) is 7.12. The summed E-state index contributed by atoms with van der Waals surface area (Å²) in [6, 6.07) is 10.0. The van der Waals surface area contributed by atoms with Crippen molar-refractivity contribution < 1.29 is 9.47 Å². The van der Waals surface area contributed by atoms with E-state index in [4.69, 9.17) is 9.47 Å². The number of guanidine groups is 1. The molecule has 0 aliphatic carbocycles. The fourth-order valence-electron chi connectivity index (χ4n) is 2.69. The predicted molar refractivity (Wildman–Crippen MR) is 105 cm³/mol. The Morgan fingerprint density at radius 2 is 1.96 bits per heavy atom. The first-order chi connectivity index (χ1) is 12.6. The van der Waals surface area contributed by atoms with Gasteiger partial charge >= 0.3 is 0 Å². The second kappa shape index (κ2) is 9.65. The fraction of sp³-hybridized carbons (Fsp3) is 0.400. The largest absolute Gasteiger partial charge is 0.493 e. The SMILES string of the molecule is CN=C(NCc1ncccc1C)N(C)CCc1ccc(OC)c(OC)c1. The third kappa shape index (κ3) is 5.12. The van der Waals surface area contributed by atoms with Gasteiger partial charge in [-0.25, -0.2) is 0 Å². The van der Waals surface area contributed by atoms with Gasteiger partial charge in [-0.2, -0.15) is 0 Å². The Balaban J connectivity index is 1.93. The number of nitrogens with one attached hydrogen (secondary N) is 1. The van der Waals surface area contributed by atoms with Gasteiger partial charge in [0.25, 0.3) is 0 Å². The molecule has 1 N–H and O–H groups in total. The summed E-state index contributed by atoms with van der Waals surface area (Å²) in [6.45, 7) is 3.55. The number of ether oxygens (including phenoxy) is 2. The first-order valence-corrected chi connectivity index (χ1v) is 8.62. The number of rotatable bonds is 7. The van der Waals surface area contributed by atoms with Crippen LogP contribution in [0.1, 0.15) is 16.8 Å². The molecule has 0 radical (unpaired) electrons. The van der Waals surface area contributed by atoms with Gasteiger partial charge in [0.15, 0.2) is 17.5 Å². The molecule has 0 spiro atoms. The minimum absolute atomic E-state index is 0.653. The lowest BCUT2D eigenvalue weighted by Crippen LogP contribution is -2.39. The van der Waals surface area contributed by atoms with Crippen molar-refractivity contribution in [3.63, 3.8) is 0 Å². The lowest BCUT2D eigenvalue weighted by molar-refractivity contribution is 0.354. The van der Waals surface area contributed by atoms with Crippen LogP contribution in [0.3, 0.4) is 0 Å². The van der Waals surface area contributed by atoms with E-state index in [0.29, 0.717) is 6.54 Å². The van der Waals surface area contributed by atoms with Crippen molar-refractivity contribution >= 4 is 5.96 Å².